The van der Waals surface area contributed by atoms with Crippen molar-refractivity contribution in [3.63, 3.8) is 0 Å². The lowest BCUT2D eigenvalue weighted by Crippen LogP contribution is -2.11. The number of primary amides is 1. The van der Waals surface area contributed by atoms with E-state index in [0.717, 1.165) is 12.8 Å². The van der Waals surface area contributed by atoms with Crippen LogP contribution in [0.4, 0.5) is 0 Å². The molecule has 0 unspecified atom stereocenters. The van der Waals surface area contributed by atoms with Crippen molar-refractivity contribution in [1.82, 2.24) is 0 Å². The molecule has 4 N–H and O–H groups in total. The van der Waals surface area contributed by atoms with Crippen LogP contribution in [-0.4, -0.2) is 31.8 Å². The lowest BCUT2D eigenvalue weighted by Gasteiger charge is -1.86. The summed E-state index contributed by atoms with van der Waals surface area (Å²) in [5.41, 5.74) is 4.84. The number of amides is 1. The summed E-state index contributed by atoms with van der Waals surface area (Å²) < 4.78 is 52.5. The lowest BCUT2D eigenvalue weighted by atomic mass is 10.2. The normalized spacial score (nSPS) is 11.4. The molecule has 15 heavy (non-hydrogen) atoms. The molecule has 0 radical (unpaired) electrons. The van der Waals surface area contributed by atoms with Gasteiger partial charge in [-0.2, -0.15) is 16.8 Å². The van der Waals surface area contributed by atoms with Crippen LogP contribution in [0.25, 0.3) is 0 Å². The minimum Gasteiger partial charge on any atom is -0.370 e. The van der Waals surface area contributed by atoms with E-state index in [0.29, 0.717) is 6.42 Å². The molecular formula is C5H13NO7S2. The van der Waals surface area contributed by atoms with Crippen molar-refractivity contribution in [3.05, 3.63) is 0 Å². The third-order valence-electron chi connectivity index (χ3n) is 1.04. The van der Waals surface area contributed by atoms with E-state index in [1.165, 1.54) is 0 Å². The molecule has 92 valence electrons. The minimum absolute atomic E-state index is 0.193. The van der Waals surface area contributed by atoms with Crippen molar-refractivity contribution in [2.24, 2.45) is 5.73 Å². The smallest absolute Gasteiger partial charge is 0.370 e. The summed E-state index contributed by atoms with van der Waals surface area (Å²) in [4.78, 5) is 9.98. The number of hydrogen-bond acceptors (Lipinski definition) is 5. The average Bonchev–Trinajstić information content (AvgIpc) is 1.98. The van der Waals surface area contributed by atoms with E-state index < -0.39 is 18.3 Å². The molecule has 0 saturated carbocycles. The molecule has 0 aliphatic rings. The third-order valence-corrected chi connectivity index (χ3v) is 3.17. The van der Waals surface area contributed by atoms with Gasteiger partial charge >= 0.3 is 18.3 Å². The summed E-state index contributed by atoms with van der Waals surface area (Å²) in [6, 6.07) is 0. The van der Waals surface area contributed by atoms with E-state index in [9.17, 15) is 21.6 Å². The van der Waals surface area contributed by atoms with E-state index in [-0.39, 0.29) is 5.91 Å². The molecule has 0 atom stereocenters. The van der Waals surface area contributed by atoms with Gasteiger partial charge in [0.05, 0.1) is 0 Å². The van der Waals surface area contributed by atoms with Crippen LogP contribution < -0.4 is 5.73 Å². The van der Waals surface area contributed by atoms with Crippen LogP contribution in [0.3, 0.4) is 0 Å². The second kappa shape index (κ2) is 6.71. The molecule has 0 aliphatic carbocycles. The maximum absolute atomic E-state index is 9.98. The molecule has 0 heterocycles. The Morgan fingerprint density at radius 1 is 1.13 bits per heavy atom. The van der Waals surface area contributed by atoms with Crippen LogP contribution in [0.5, 0.6) is 0 Å². The standard InChI is InChI=1S/C5H11NO.H2O6S2/c1-2-3-4-5(6)7;1-7(2,3)8(4,5)6/h2-4H2,1H3,(H2,6,7);(H,1,2,3)(H,4,5,6). The van der Waals surface area contributed by atoms with Crippen molar-refractivity contribution >= 4 is 24.2 Å². The monoisotopic (exact) mass is 263 g/mol. The quantitative estimate of drug-likeness (QED) is 0.449. The van der Waals surface area contributed by atoms with Crippen molar-refractivity contribution in [2.45, 2.75) is 26.2 Å². The number of nitrogens with two attached hydrogens (primary N) is 1. The van der Waals surface area contributed by atoms with Crippen LogP contribution in [0.15, 0.2) is 0 Å². The maximum atomic E-state index is 9.98. The second-order valence-corrected chi connectivity index (χ2v) is 6.66. The zero-order valence-corrected chi connectivity index (χ0v) is 9.58. The fourth-order valence-corrected chi connectivity index (χ4v) is 0.351. The van der Waals surface area contributed by atoms with Gasteiger partial charge in [-0.3, -0.25) is 13.9 Å². The number of carbonyl (C=O) groups is 1. The van der Waals surface area contributed by atoms with E-state index >= 15 is 0 Å². The first-order valence-electron chi connectivity index (χ1n) is 3.75. The Labute approximate surface area is 87.4 Å². The Kier molecular flexibility index (Phi) is 7.48. The predicted octanol–water partition coefficient (Wildman–Crippen LogP) is -0.661. The van der Waals surface area contributed by atoms with Crippen LogP contribution in [0, 0.1) is 0 Å². The first kappa shape index (κ1) is 16.7. The first-order valence-corrected chi connectivity index (χ1v) is 7.15. The van der Waals surface area contributed by atoms with Gasteiger partial charge in [-0.1, -0.05) is 13.3 Å². The summed E-state index contributed by atoms with van der Waals surface area (Å²) >= 11 is 0. The van der Waals surface area contributed by atoms with E-state index in [1.807, 2.05) is 6.92 Å². The molecular weight excluding hydrogens is 250 g/mol. The molecule has 0 fully saturated rings. The molecule has 8 nitrogen and oxygen atoms in total. The van der Waals surface area contributed by atoms with Gasteiger partial charge in [-0.15, -0.1) is 0 Å². The van der Waals surface area contributed by atoms with Crippen LogP contribution in [0.1, 0.15) is 26.2 Å². The molecule has 0 aromatic rings. The van der Waals surface area contributed by atoms with Gasteiger partial charge in [0.15, 0.2) is 0 Å². The van der Waals surface area contributed by atoms with Crippen molar-refractivity contribution in [3.8, 4) is 0 Å². The topological polar surface area (TPSA) is 152 Å². The Morgan fingerprint density at radius 3 is 1.53 bits per heavy atom. The number of unbranched alkanes of at least 4 members (excludes halogenated alkanes) is 1. The summed E-state index contributed by atoms with van der Waals surface area (Å²) in [5, 5.41) is 0. The minimum atomic E-state index is -5.31. The van der Waals surface area contributed by atoms with Crippen molar-refractivity contribution in [1.29, 1.82) is 0 Å². The summed E-state index contributed by atoms with van der Waals surface area (Å²) in [7, 11) is -10.6. The summed E-state index contributed by atoms with van der Waals surface area (Å²) in [6.07, 6.45) is 2.51. The highest BCUT2D eigenvalue weighted by Crippen LogP contribution is 1.91. The lowest BCUT2D eigenvalue weighted by molar-refractivity contribution is -0.118. The average molecular weight is 263 g/mol. The number of hydrogen-bond donors (Lipinski definition) is 3. The Hall–Kier alpha value is -0.710. The molecule has 0 aromatic carbocycles. The molecule has 0 bridgehead atoms. The number of carbonyl (C=O) groups excluding carboxylic acids is 1. The van der Waals surface area contributed by atoms with Gasteiger partial charge in [0, 0.05) is 6.42 Å². The molecule has 1 amide bonds. The first-order chi connectivity index (χ1) is 6.52. The van der Waals surface area contributed by atoms with E-state index in [2.05, 4.69) is 0 Å². The van der Waals surface area contributed by atoms with Crippen LogP contribution >= 0.6 is 0 Å². The molecule has 10 heteroatoms. The highest BCUT2D eigenvalue weighted by Gasteiger charge is 2.22. The van der Waals surface area contributed by atoms with E-state index in [1.54, 1.807) is 0 Å². The summed E-state index contributed by atoms with van der Waals surface area (Å²) in [6.45, 7) is 2.03. The van der Waals surface area contributed by atoms with Gasteiger partial charge < -0.3 is 5.73 Å². The largest absolute Gasteiger partial charge is 0.397 e. The fraction of sp³-hybridized carbons (Fsp3) is 0.800. The van der Waals surface area contributed by atoms with Crippen LogP contribution in [0.2, 0.25) is 0 Å². The molecule has 0 saturated heterocycles. The van der Waals surface area contributed by atoms with Crippen molar-refractivity contribution in [2.75, 3.05) is 0 Å². The molecule has 0 spiro atoms. The highest BCUT2D eigenvalue weighted by atomic mass is 33.2. The third kappa shape index (κ3) is 11.2. The number of rotatable bonds is 4. The van der Waals surface area contributed by atoms with Crippen molar-refractivity contribution < 1.29 is 30.7 Å². The SMILES string of the molecule is CCCCC(N)=O.O=S(=O)(O)S(=O)(=O)O. The van der Waals surface area contributed by atoms with Gasteiger partial charge in [0.2, 0.25) is 5.91 Å². The molecule has 0 aromatic heterocycles. The Bertz CT molecular complexity index is 352. The van der Waals surface area contributed by atoms with Gasteiger partial charge in [0.1, 0.15) is 0 Å². The van der Waals surface area contributed by atoms with Gasteiger partial charge in [-0.05, 0) is 6.42 Å². The zero-order chi connectivity index (χ0) is 12.7. The summed E-state index contributed by atoms with van der Waals surface area (Å²) in [5.74, 6) is -0.193. The molecule has 0 aliphatic heterocycles. The molecule has 0 rings (SSSR count). The fourth-order valence-electron chi connectivity index (χ4n) is 0.351. The van der Waals surface area contributed by atoms with E-state index in [4.69, 9.17) is 14.8 Å². The predicted molar refractivity (Wildman–Crippen MR) is 51.8 cm³/mol. The van der Waals surface area contributed by atoms with Gasteiger partial charge in [-0.25, -0.2) is 0 Å². The van der Waals surface area contributed by atoms with Crippen LogP contribution in [-0.2, 0) is 23.1 Å². The van der Waals surface area contributed by atoms with Gasteiger partial charge in [0.25, 0.3) is 0 Å². The Balaban J connectivity index is 0. The second-order valence-electron chi connectivity index (χ2n) is 2.43. The maximum Gasteiger partial charge on any atom is 0.397 e. The Morgan fingerprint density at radius 2 is 1.47 bits per heavy atom. The highest BCUT2D eigenvalue weighted by molar-refractivity contribution is 8.62. The zero-order valence-electron chi connectivity index (χ0n) is 7.95.